The molecule has 0 radical (unpaired) electrons. The van der Waals surface area contributed by atoms with Gasteiger partial charge in [-0.15, -0.1) is 0 Å². The second kappa shape index (κ2) is 30.3. The number of carboxylic acids is 1. The van der Waals surface area contributed by atoms with Crippen LogP contribution in [0, 0.1) is 0 Å². The van der Waals surface area contributed by atoms with Crippen LogP contribution in [0.4, 0.5) is 0 Å². The van der Waals surface area contributed by atoms with Crippen molar-refractivity contribution >= 4 is 35.6 Å². The Morgan fingerprint density at radius 3 is 1.53 bits per heavy atom. The van der Waals surface area contributed by atoms with Gasteiger partial charge in [0.1, 0.15) is 18.8 Å². The van der Waals surface area contributed by atoms with Gasteiger partial charge in [0, 0.05) is 30.8 Å². The highest BCUT2D eigenvalue weighted by atomic mass is 32.2. The lowest BCUT2D eigenvalue weighted by Crippen LogP contribution is -2.42. The summed E-state index contributed by atoms with van der Waals surface area (Å²) in [5.74, 6) is -1.57. The van der Waals surface area contributed by atoms with Crippen LogP contribution in [0.3, 0.4) is 0 Å². The van der Waals surface area contributed by atoms with E-state index in [9.17, 15) is 24.3 Å². The fraction of sp³-hybridized carbons (Fsp3) is 0.882. The minimum Gasteiger partial charge on any atom is -0.480 e. The average Bonchev–Trinajstić information content (AvgIpc) is 2.98. The van der Waals surface area contributed by atoms with Crippen LogP contribution in [0.25, 0.3) is 0 Å². The van der Waals surface area contributed by atoms with Gasteiger partial charge in [-0.05, 0) is 19.3 Å². The smallest absolute Gasteiger partial charge is 0.327 e. The number of unbranched alkanes of at least 4 members (excludes halogenated alkanes) is 16. The molecule has 0 aliphatic heterocycles. The number of ether oxygens (including phenoxy) is 2. The largest absolute Gasteiger partial charge is 0.480 e. The number of thioether (sulfide) groups is 1. The first-order valence-electron chi connectivity index (χ1n) is 17.3. The Labute approximate surface area is 266 Å². The van der Waals surface area contributed by atoms with Crippen LogP contribution in [-0.2, 0) is 28.7 Å². The van der Waals surface area contributed by atoms with Gasteiger partial charge in [-0.1, -0.05) is 124 Å². The monoisotopic (exact) mass is 629 g/mol. The first kappa shape index (κ1) is 41.2. The molecular weight excluding hydrogens is 566 g/mol. The summed E-state index contributed by atoms with van der Waals surface area (Å²) in [6.07, 6.45) is 20.8. The predicted octanol–water partition coefficient (Wildman–Crippen LogP) is 8.39. The molecule has 1 amide bonds. The minimum atomic E-state index is -1.10. The Morgan fingerprint density at radius 2 is 1.05 bits per heavy atom. The van der Waals surface area contributed by atoms with Gasteiger partial charge in [0.25, 0.3) is 0 Å². The van der Waals surface area contributed by atoms with Gasteiger partial charge in [-0.3, -0.25) is 14.4 Å². The van der Waals surface area contributed by atoms with E-state index in [0.717, 1.165) is 70.6 Å². The molecule has 0 aliphatic rings. The fourth-order valence-corrected chi connectivity index (χ4v) is 5.74. The molecule has 9 heteroatoms. The van der Waals surface area contributed by atoms with Crippen LogP contribution in [-0.4, -0.2) is 59.2 Å². The number of carbonyl (C=O) groups is 4. The third kappa shape index (κ3) is 27.5. The number of nitrogens with one attached hydrogen (secondary N) is 1. The molecule has 0 rings (SSSR count). The van der Waals surface area contributed by atoms with Crippen LogP contribution >= 0.6 is 11.8 Å². The summed E-state index contributed by atoms with van der Waals surface area (Å²) < 4.78 is 11.1. The molecule has 0 aliphatic carbocycles. The molecule has 0 fully saturated rings. The van der Waals surface area contributed by atoms with E-state index in [0.29, 0.717) is 19.3 Å². The molecule has 0 aromatic carbocycles. The zero-order chi connectivity index (χ0) is 32.0. The van der Waals surface area contributed by atoms with E-state index < -0.39 is 18.1 Å². The maximum atomic E-state index is 12.5. The van der Waals surface area contributed by atoms with E-state index in [2.05, 4.69) is 26.1 Å². The maximum absolute atomic E-state index is 12.5. The van der Waals surface area contributed by atoms with Crippen LogP contribution in [0.15, 0.2) is 0 Å². The number of amides is 1. The molecule has 0 bridgehead atoms. The van der Waals surface area contributed by atoms with Gasteiger partial charge in [0.15, 0.2) is 0 Å². The van der Waals surface area contributed by atoms with Gasteiger partial charge in [-0.2, -0.15) is 11.8 Å². The number of carboxylic acid groups (broad SMARTS) is 1. The van der Waals surface area contributed by atoms with E-state index >= 15 is 0 Å². The molecule has 0 unspecified atom stereocenters. The topological polar surface area (TPSA) is 119 Å². The lowest BCUT2D eigenvalue weighted by Gasteiger charge is -2.19. The zero-order valence-electron chi connectivity index (χ0n) is 27.6. The molecule has 0 aromatic heterocycles. The summed E-state index contributed by atoms with van der Waals surface area (Å²) in [6, 6.07) is -1.03. The molecule has 2 atom stereocenters. The maximum Gasteiger partial charge on any atom is 0.327 e. The Kier molecular flexibility index (Phi) is 29.0. The Balaban J connectivity index is 4.69. The molecule has 252 valence electrons. The summed E-state index contributed by atoms with van der Waals surface area (Å²) in [5.41, 5.74) is 0. The molecule has 0 spiro atoms. The van der Waals surface area contributed by atoms with Crippen molar-refractivity contribution in [2.24, 2.45) is 0 Å². The quantitative estimate of drug-likeness (QED) is 0.0580. The molecule has 0 heterocycles. The third-order valence-electron chi connectivity index (χ3n) is 7.43. The first-order chi connectivity index (χ1) is 20.8. The van der Waals surface area contributed by atoms with E-state index in [1.807, 2.05) is 0 Å². The van der Waals surface area contributed by atoms with Crippen molar-refractivity contribution in [2.45, 2.75) is 174 Å². The van der Waals surface area contributed by atoms with Crippen LogP contribution < -0.4 is 5.32 Å². The van der Waals surface area contributed by atoms with Crippen molar-refractivity contribution in [1.29, 1.82) is 0 Å². The lowest BCUT2D eigenvalue weighted by atomic mass is 10.1. The van der Waals surface area contributed by atoms with Gasteiger partial charge >= 0.3 is 17.9 Å². The molecule has 8 nitrogen and oxygen atoms in total. The highest BCUT2D eigenvalue weighted by molar-refractivity contribution is 7.99. The predicted molar refractivity (Wildman–Crippen MR) is 176 cm³/mol. The average molecular weight is 630 g/mol. The van der Waals surface area contributed by atoms with Crippen LogP contribution in [0.5, 0.6) is 0 Å². The van der Waals surface area contributed by atoms with E-state index in [4.69, 9.17) is 9.47 Å². The Bertz CT molecular complexity index is 719. The fourth-order valence-electron chi connectivity index (χ4n) is 4.72. The Hall–Kier alpha value is -1.77. The van der Waals surface area contributed by atoms with Crippen LogP contribution in [0.1, 0.15) is 162 Å². The van der Waals surface area contributed by atoms with Crippen LogP contribution in [0.2, 0.25) is 0 Å². The SMILES string of the molecule is CCCCCCCCCC(=O)OC[C@H](CSC[C@H](NC(=O)CCCCCCC)C(=O)O)OC(=O)CCCCCCCCC. The molecular formula is C34H63NO7S. The lowest BCUT2D eigenvalue weighted by molar-refractivity contribution is -0.157. The second-order valence-corrected chi connectivity index (χ2v) is 12.8. The summed E-state index contributed by atoms with van der Waals surface area (Å²) in [7, 11) is 0. The minimum absolute atomic E-state index is 0.0487. The van der Waals surface area contributed by atoms with Crippen molar-refractivity contribution in [3.05, 3.63) is 0 Å². The van der Waals surface area contributed by atoms with Crippen molar-refractivity contribution in [1.82, 2.24) is 5.32 Å². The number of esters is 2. The van der Waals surface area contributed by atoms with Gasteiger partial charge in [-0.25, -0.2) is 4.79 Å². The molecule has 0 aromatic rings. The Morgan fingerprint density at radius 1 is 0.605 bits per heavy atom. The van der Waals surface area contributed by atoms with Crippen molar-refractivity contribution in [3.8, 4) is 0 Å². The summed E-state index contributed by atoms with van der Waals surface area (Å²) in [5, 5.41) is 12.2. The number of hydrogen-bond donors (Lipinski definition) is 2. The number of hydrogen-bond acceptors (Lipinski definition) is 7. The van der Waals surface area contributed by atoms with Gasteiger partial charge in [0.05, 0.1) is 0 Å². The molecule has 43 heavy (non-hydrogen) atoms. The van der Waals surface area contributed by atoms with Gasteiger partial charge < -0.3 is 19.9 Å². The van der Waals surface area contributed by atoms with E-state index in [1.165, 1.54) is 63.1 Å². The molecule has 0 saturated heterocycles. The first-order valence-corrected chi connectivity index (χ1v) is 18.4. The summed E-state index contributed by atoms with van der Waals surface area (Å²) in [4.78, 5) is 48.9. The number of aliphatic carboxylic acids is 1. The standard InChI is InChI=1S/C34H63NO7S/c1-4-7-10-13-15-18-21-24-32(37)41-26-29(42-33(38)25-22-19-16-14-11-8-5-2)27-43-28-30(34(39)40)35-31(36)23-20-17-12-9-6-3/h29-30H,4-28H2,1-3H3,(H,35,36)(H,39,40)/t29-,30+/m1/s1. The van der Waals surface area contributed by atoms with Crippen molar-refractivity contribution in [2.75, 3.05) is 18.1 Å². The highest BCUT2D eigenvalue weighted by Gasteiger charge is 2.22. The summed E-state index contributed by atoms with van der Waals surface area (Å²) >= 11 is 1.27. The van der Waals surface area contributed by atoms with E-state index in [1.54, 1.807) is 0 Å². The zero-order valence-corrected chi connectivity index (χ0v) is 28.5. The summed E-state index contributed by atoms with van der Waals surface area (Å²) in [6.45, 7) is 6.46. The molecule has 2 N–H and O–H groups in total. The van der Waals surface area contributed by atoms with Gasteiger partial charge in [0.2, 0.25) is 5.91 Å². The second-order valence-electron chi connectivity index (χ2n) is 11.7. The molecule has 0 saturated carbocycles. The number of rotatable bonds is 31. The number of carbonyl (C=O) groups excluding carboxylic acids is 3. The van der Waals surface area contributed by atoms with E-state index in [-0.39, 0.29) is 36.0 Å². The normalized spacial score (nSPS) is 12.4. The van der Waals surface area contributed by atoms with Crippen molar-refractivity contribution in [3.63, 3.8) is 0 Å². The van der Waals surface area contributed by atoms with Crippen molar-refractivity contribution < 1.29 is 33.8 Å². The third-order valence-corrected chi connectivity index (χ3v) is 8.60. The highest BCUT2D eigenvalue weighted by Crippen LogP contribution is 2.14.